The van der Waals surface area contributed by atoms with Crippen LogP contribution >= 0.6 is 0 Å². The molecule has 1 fully saturated rings. The lowest BCUT2D eigenvalue weighted by atomic mass is 9.95. The summed E-state index contributed by atoms with van der Waals surface area (Å²) in [5.74, 6) is -1.06. The summed E-state index contributed by atoms with van der Waals surface area (Å²) in [6.45, 7) is 18.6. The first kappa shape index (κ1) is 45.4. The van der Waals surface area contributed by atoms with Crippen molar-refractivity contribution in [2.75, 3.05) is 39.0 Å². The monoisotopic (exact) mass is 798 g/mol. The molecule has 2 heterocycles. The van der Waals surface area contributed by atoms with E-state index in [1.807, 2.05) is 0 Å². The number of carbonyl (C=O) groups excluding carboxylic acids is 3. The summed E-state index contributed by atoms with van der Waals surface area (Å²) in [5.41, 5.74) is -0.813. The largest absolute Gasteiger partial charge is 0.467 e. The molecule has 1 amide bonds. The van der Waals surface area contributed by atoms with Gasteiger partial charge in [-0.05, 0) is 95.3 Å². The van der Waals surface area contributed by atoms with Gasteiger partial charge in [-0.1, -0.05) is 20.8 Å². The number of benzene rings is 1. The van der Waals surface area contributed by atoms with Crippen LogP contribution in [0.25, 0.3) is 11.3 Å². The zero-order chi connectivity index (χ0) is 41.4. The number of nitrogens with zero attached hydrogens (tertiary/aromatic N) is 3. The Bertz CT molecular complexity index is 1640. The lowest BCUT2D eigenvalue weighted by Crippen LogP contribution is -2.55. The Kier molecular flexibility index (Phi) is 15.5. The molecular formula is C38H57F3N4O9Si. The number of piperidine rings is 1. The number of aryl methyl sites for hydroxylation is 1. The average Bonchev–Trinajstić information content (AvgIpc) is 3.06. The minimum absolute atomic E-state index is 0.00945. The summed E-state index contributed by atoms with van der Waals surface area (Å²) < 4.78 is 75.6. The minimum atomic E-state index is -4.74. The van der Waals surface area contributed by atoms with E-state index in [9.17, 15) is 27.6 Å². The number of hydrogen-bond acceptors (Lipinski definition) is 12. The van der Waals surface area contributed by atoms with Crippen LogP contribution in [0.4, 0.5) is 23.8 Å². The summed E-state index contributed by atoms with van der Waals surface area (Å²) in [5, 5.41) is 12.3. The molecule has 1 saturated heterocycles. The second-order valence-corrected chi connectivity index (χ2v) is 20.8. The highest BCUT2D eigenvalue weighted by atomic mass is 28.4. The zero-order valence-electron chi connectivity index (χ0n) is 33.9. The molecule has 17 heteroatoms. The van der Waals surface area contributed by atoms with Gasteiger partial charge in [0.05, 0.1) is 17.7 Å². The van der Waals surface area contributed by atoms with Crippen LogP contribution in [0.5, 0.6) is 5.75 Å². The van der Waals surface area contributed by atoms with E-state index < -0.39 is 56.3 Å². The molecule has 0 aliphatic carbocycles. The van der Waals surface area contributed by atoms with Gasteiger partial charge in [-0.3, -0.25) is 9.69 Å². The normalized spacial score (nSPS) is 16.7. The van der Waals surface area contributed by atoms with Gasteiger partial charge in [0, 0.05) is 38.8 Å². The molecule has 0 unspecified atom stereocenters. The van der Waals surface area contributed by atoms with Crippen LogP contribution in [0, 0.1) is 0 Å². The van der Waals surface area contributed by atoms with Crippen LogP contribution in [0.1, 0.15) is 91.3 Å². The summed E-state index contributed by atoms with van der Waals surface area (Å²) in [6.07, 6.45) is -3.71. The fourth-order valence-corrected chi connectivity index (χ4v) is 6.73. The number of halogens is 3. The maximum atomic E-state index is 14.1. The van der Waals surface area contributed by atoms with Crippen molar-refractivity contribution in [1.82, 2.24) is 15.1 Å². The molecule has 0 bridgehead atoms. The van der Waals surface area contributed by atoms with Crippen molar-refractivity contribution in [3.05, 3.63) is 34.9 Å². The van der Waals surface area contributed by atoms with Crippen LogP contribution in [-0.4, -0.2) is 92.8 Å². The van der Waals surface area contributed by atoms with Crippen molar-refractivity contribution in [1.29, 1.82) is 0 Å². The number of carbonyl (C=O) groups is 3. The van der Waals surface area contributed by atoms with Gasteiger partial charge < -0.3 is 33.4 Å². The van der Waals surface area contributed by atoms with Crippen LogP contribution in [0.15, 0.2) is 18.2 Å². The van der Waals surface area contributed by atoms with Gasteiger partial charge in [0.2, 0.25) is 0 Å². The first-order valence-electron chi connectivity index (χ1n) is 18.4. The first-order valence-corrected chi connectivity index (χ1v) is 21.3. The molecule has 1 aromatic heterocycles. The second kappa shape index (κ2) is 18.8. The first-order chi connectivity index (χ1) is 25.5. The maximum absolute atomic E-state index is 14.1. The van der Waals surface area contributed by atoms with Crippen LogP contribution in [-0.2, 0) is 52.2 Å². The van der Waals surface area contributed by atoms with E-state index in [-0.39, 0.29) is 53.6 Å². The van der Waals surface area contributed by atoms with Gasteiger partial charge in [-0.15, -0.1) is 10.2 Å². The lowest BCUT2D eigenvalue weighted by molar-refractivity contribution is -0.150. The quantitative estimate of drug-likeness (QED) is 0.0614. The van der Waals surface area contributed by atoms with E-state index in [2.05, 4.69) is 49.4 Å². The fraction of sp³-hybridized carbons (Fsp3) is 0.658. The summed E-state index contributed by atoms with van der Waals surface area (Å²) in [7, 11) is -0.756. The van der Waals surface area contributed by atoms with Crippen LogP contribution < -0.4 is 10.1 Å². The van der Waals surface area contributed by atoms with E-state index >= 15 is 0 Å². The number of rotatable bonds is 15. The number of hydrogen-bond donors (Lipinski definition) is 1. The van der Waals surface area contributed by atoms with Gasteiger partial charge in [-0.25, -0.2) is 9.59 Å². The highest BCUT2D eigenvalue weighted by Gasteiger charge is 2.40. The Morgan fingerprint density at radius 3 is 2.25 bits per heavy atom. The standard InChI is InChI=1S/C38H57F3N4O9Si/c1-12-50-34(47)29-16-15-28(21-45(29)35(48)54-36(3,4)5)42-31-19-25(14-13-17-53-55(10,11)37(6,7)8)33(44-43-31)32-26(22-51-24(2)46)18-27(38(39,40)41)20-30(32)52-23-49-9/h18-20,28-29H,12-17,21-23H2,1-11H3,(H,42,43)/t28-,29+/m1/s1. The molecule has 55 heavy (non-hydrogen) atoms. The van der Waals surface area contributed by atoms with Crippen molar-refractivity contribution in [2.24, 2.45) is 0 Å². The number of amides is 1. The number of esters is 2. The van der Waals surface area contributed by atoms with Gasteiger partial charge in [0.1, 0.15) is 35.5 Å². The Balaban J connectivity index is 2.10. The molecule has 1 N–H and O–H groups in total. The molecule has 1 aromatic carbocycles. The topological polar surface area (TPSA) is 148 Å². The summed E-state index contributed by atoms with van der Waals surface area (Å²) >= 11 is 0. The third-order valence-corrected chi connectivity index (χ3v) is 13.9. The Labute approximate surface area is 323 Å². The van der Waals surface area contributed by atoms with E-state index in [1.54, 1.807) is 33.8 Å². The van der Waals surface area contributed by atoms with Gasteiger partial charge in [0.15, 0.2) is 15.1 Å². The van der Waals surface area contributed by atoms with Crippen molar-refractivity contribution in [3.63, 3.8) is 0 Å². The van der Waals surface area contributed by atoms with Gasteiger partial charge in [0.25, 0.3) is 0 Å². The van der Waals surface area contributed by atoms with Crippen molar-refractivity contribution in [2.45, 2.75) is 130 Å². The van der Waals surface area contributed by atoms with E-state index in [0.29, 0.717) is 43.7 Å². The number of aromatic nitrogens is 2. The van der Waals surface area contributed by atoms with Crippen LogP contribution in [0.3, 0.4) is 0 Å². The van der Waals surface area contributed by atoms with Crippen molar-refractivity contribution in [3.8, 4) is 17.0 Å². The number of likely N-dealkylation sites (tertiary alicyclic amines) is 1. The molecule has 1 aliphatic rings. The molecule has 2 aromatic rings. The predicted octanol–water partition coefficient (Wildman–Crippen LogP) is 7.91. The van der Waals surface area contributed by atoms with E-state index in [0.717, 1.165) is 19.1 Å². The van der Waals surface area contributed by atoms with Crippen LogP contribution in [0.2, 0.25) is 18.1 Å². The second-order valence-electron chi connectivity index (χ2n) is 16.0. The molecule has 1 aliphatic heterocycles. The fourth-order valence-electron chi connectivity index (χ4n) is 5.65. The number of methoxy groups -OCH3 is 1. The zero-order valence-corrected chi connectivity index (χ0v) is 34.9. The highest BCUT2D eigenvalue weighted by Crippen LogP contribution is 2.42. The third kappa shape index (κ3) is 13.1. The molecule has 13 nitrogen and oxygen atoms in total. The average molecular weight is 799 g/mol. The number of anilines is 1. The smallest absolute Gasteiger partial charge is 0.416 e. The maximum Gasteiger partial charge on any atom is 0.416 e. The number of nitrogens with one attached hydrogen (secondary N) is 1. The minimum Gasteiger partial charge on any atom is -0.467 e. The molecular weight excluding hydrogens is 742 g/mol. The highest BCUT2D eigenvalue weighted by molar-refractivity contribution is 6.74. The summed E-state index contributed by atoms with van der Waals surface area (Å²) in [4.78, 5) is 39.4. The summed E-state index contributed by atoms with van der Waals surface area (Å²) in [6, 6.07) is 2.30. The van der Waals surface area contributed by atoms with E-state index in [1.165, 1.54) is 12.0 Å². The Hall–Kier alpha value is -3.96. The Morgan fingerprint density at radius 2 is 1.67 bits per heavy atom. The molecule has 0 radical (unpaired) electrons. The molecule has 0 saturated carbocycles. The SMILES string of the molecule is CCOC(=O)[C@@H]1CC[C@@H](Nc2cc(CCCO[Si](C)(C)C(C)(C)C)c(-c3c(COC(C)=O)cc(C(F)(F)F)cc3OCOC)nn2)CN1C(=O)OC(C)(C)C. The number of ether oxygens (including phenoxy) is 5. The van der Waals surface area contributed by atoms with Gasteiger partial charge in [-0.2, -0.15) is 13.2 Å². The Morgan fingerprint density at radius 1 is 0.982 bits per heavy atom. The lowest BCUT2D eigenvalue weighted by Gasteiger charge is -2.39. The number of alkyl halides is 3. The molecule has 0 spiro atoms. The molecule has 2 atom stereocenters. The predicted molar refractivity (Wildman–Crippen MR) is 202 cm³/mol. The van der Waals surface area contributed by atoms with Crippen molar-refractivity contribution < 1.29 is 55.7 Å². The van der Waals surface area contributed by atoms with Crippen molar-refractivity contribution >= 4 is 32.2 Å². The molecule has 3 rings (SSSR count). The molecule has 308 valence electrons. The van der Waals surface area contributed by atoms with E-state index in [4.69, 9.17) is 28.1 Å². The third-order valence-electron chi connectivity index (χ3n) is 9.36. The van der Waals surface area contributed by atoms with Gasteiger partial charge >= 0.3 is 24.2 Å².